The van der Waals surface area contributed by atoms with Gasteiger partial charge in [0, 0.05) is 24.3 Å². The Morgan fingerprint density at radius 2 is 1.88 bits per heavy atom. The van der Waals surface area contributed by atoms with Crippen LogP contribution >= 0.6 is 0 Å². The van der Waals surface area contributed by atoms with Gasteiger partial charge in [0.05, 0.1) is 12.8 Å². The fourth-order valence-corrected chi connectivity index (χ4v) is 3.57. The summed E-state index contributed by atoms with van der Waals surface area (Å²) in [6.07, 6.45) is 6.46. The fraction of sp³-hybridized carbons (Fsp3) is 0.150. The van der Waals surface area contributed by atoms with Gasteiger partial charge in [-0.1, -0.05) is 35.9 Å². The molecule has 0 aliphatic heterocycles. The van der Waals surface area contributed by atoms with E-state index < -0.39 is 10.0 Å². The van der Waals surface area contributed by atoms with E-state index in [1.165, 1.54) is 16.0 Å². The van der Waals surface area contributed by atoms with E-state index in [1.54, 1.807) is 36.7 Å². The van der Waals surface area contributed by atoms with Crippen LogP contribution in [0, 0.1) is 6.92 Å². The highest BCUT2D eigenvalue weighted by Crippen LogP contribution is 2.17. The first-order valence-corrected chi connectivity index (χ1v) is 9.69. The lowest BCUT2D eigenvalue weighted by atomic mass is 10.2. The quantitative estimate of drug-likeness (QED) is 0.633. The third kappa shape index (κ3) is 4.91. The first-order valence-electron chi connectivity index (χ1n) is 8.19. The summed E-state index contributed by atoms with van der Waals surface area (Å²) >= 11 is 0. The number of furan rings is 1. The number of hydrogen-bond donors (Lipinski definition) is 0. The standard InChI is InChI=1S/C20H20N2O3S/c1-17-6-8-18(9-7-17)10-13-26(23,24)22(16-20-5-3-12-25-20)15-19-4-2-11-21-14-19/h2-14H,15-16H2,1H3/b13-10-. The smallest absolute Gasteiger partial charge is 0.236 e. The number of rotatable bonds is 7. The highest BCUT2D eigenvalue weighted by atomic mass is 32.2. The molecule has 0 aliphatic rings. The molecule has 0 unspecified atom stereocenters. The van der Waals surface area contributed by atoms with Crippen molar-refractivity contribution in [2.24, 2.45) is 0 Å². The first kappa shape index (κ1) is 18.1. The Labute approximate surface area is 153 Å². The van der Waals surface area contributed by atoms with Crippen LogP contribution in [-0.4, -0.2) is 17.7 Å². The molecule has 0 aliphatic carbocycles. The summed E-state index contributed by atoms with van der Waals surface area (Å²) in [6, 6.07) is 14.8. The average molecular weight is 368 g/mol. The van der Waals surface area contributed by atoms with Crippen LogP contribution in [-0.2, 0) is 23.1 Å². The second kappa shape index (κ2) is 8.12. The third-order valence-electron chi connectivity index (χ3n) is 3.86. The maximum atomic E-state index is 12.9. The summed E-state index contributed by atoms with van der Waals surface area (Å²) in [4.78, 5) is 4.06. The van der Waals surface area contributed by atoms with E-state index in [2.05, 4.69) is 4.98 Å². The van der Waals surface area contributed by atoms with Gasteiger partial charge in [-0.05, 0) is 42.3 Å². The van der Waals surface area contributed by atoms with E-state index in [0.717, 1.165) is 16.7 Å². The number of aryl methyl sites for hydroxylation is 1. The predicted molar refractivity (Wildman–Crippen MR) is 101 cm³/mol. The van der Waals surface area contributed by atoms with Gasteiger partial charge >= 0.3 is 0 Å². The van der Waals surface area contributed by atoms with Gasteiger partial charge in [0.2, 0.25) is 10.0 Å². The van der Waals surface area contributed by atoms with Gasteiger partial charge in [0.1, 0.15) is 5.76 Å². The molecule has 0 N–H and O–H groups in total. The summed E-state index contributed by atoms with van der Waals surface area (Å²) in [5, 5.41) is 1.23. The Hall–Kier alpha value is -2.70. The molecule has 6 heteroatoms. The molecule has 2 heterocycles. The van der Waals surface area contributed by atoms with Gasteiger partial charge in [-0.25, -0.2) is 8.42 Å². The van der Waals surface area contributed by atoms with Gasteiger partial charge < -0.3 is 4.42 Å². The Balaban J connectivity index is 1.84. The number of nitrogens with zero attached hydrogens (tertiary/aromatic N) is 2. The predicted octanol–water partition coefficient (Wildman–Crippen LogP) is 3.99. The Bertz CT molecular complexity index is 948. The van der Waals surface area contributed by atoms with Crippen molar-refractivity contribution in [3.63, 3.8) is 0 Å². The van der Waals surface area contributed by atoms with E-state index in [-0.39, 0.29) is 13.1 Å². The minimum atomic E-state index is -3.64. The molecule has 3 rings (SSSR count). The number of sulfonamides is 1. The van der Waals surface area contributed by atoms with Crippen LogP contribution in [0.5, 0.6) is 0 Å². The zero-order valence-electron chi connectivity index (χ0n) is 14.4. The van der Waals surface area contributed by atoms with Crippen molar-refractivity contribution in [2.75, 3.05) is 0 Å². The zero-order valence-corrected chi connectivity index (χ0v) is 15.3. The van der Waals surface area contributed by atoms with Crippen LogP contribution in [0.15, 0.2) is 77.0 Å². The molecule has 26 heavy (non-hydrogen) atoms. The molecule has 5 nitrogen and oxygen atoms in total. The maximum absolute atomic E-state index is 12.9. The van der Waals surface area contributed by atoms with Crippen molar-refractivity contribution in [2.45, 2.75) is 20.0 Å². The van der Waals surface area contributed by atoms with Crippen molar-refractivity contribution in [1.82, 2.24) is 9.29 Å². The van der Waals surface area contributed by atoms with Gasteiger partial charge in [0.25, 0.3) is 0 Å². The lowest BCUT2D eigenvalue weighted by Crippen LogP contribution is -2.28. The topological polar surface area (TPSA) is 63.4 Å². The Morgan fingerprint density at radius 1 is 1.08 bits per heavy atom. The minimum absolute atomic E-state index is 0.155. The summed E-state index contributed by atoms with van der Waals surface area (Å²) in [5.74, 6) is 0.584. The van der Waals surface area contributed by atoms with Crippen molar-refractivity contribution < 1.29 is 12.8 Å². The van der Waals surface area contributed by atoms with Gasteiger partial charge in [-0.15, -0.1) is 0 Å². The van der Waals surface area contributed by atoms with Gasteiger partial charge in [0.15, 0.2) is 0 Å². The van der Waals surface area contributed by atoms with E-state index in [4.69, 9.17) is 4.42 Å². The molecule has 1 aromatic carbocycles. The zero-order chi connectivity index (χ0) is 18.4. The highest BCUT2D eigenvalue weighted by Gasteiger charge is 2.21. The molecular formula is C20H20N2O3S. The van der Waals surface area contributed by atoms with Crippen molar-refractivity contribution >= 4 is 16.1 Å². The number of aromatic nitrogens is 1. The summed E-state index contributed by atoms with van der Waals surface area (Å²) in [5.41, 5.74) is 2.77. The molecule has 0 amide bonds. The molecule has 0 atom stereocenters. The minimum Gasteiger partial charge on any atom is -0.468 e. The largest absolute Gasteiger partial charge is 0.468 e. The number of benzene rings is 1. The summed E-state index contributed by atoms with van der Waals surface area (Å²) in [7, 11) is -3.64. The molecule has 0 spiro atoms. The van der Waals surface area contributed by atoms with Crippen LogP contribution in [0.3, 0.4) is 0 Å². The molecule has 0 saturated heterocycles. The van der Waals surface area contributed by atoms with Crippen LogP contribution in [0.4, 0.5) is 0 Å². The van der Waals surface area contributed by atoms with Crippen LogP contribution in [0.25, 0.3) is 6.08 Å². The Kier molecular flexibility index (Phi) is 5.65. The number of pyridine rings is 1. The number of hydrogen-bond acceptors (Lipinski definition) is 4. The maximum Gasteiger partial charge on any atom is 0.236 e. The van der Waals surface area contributed by atoms with Gasteiger partial charge in [-0.3, -0.25) is 4.98 Å². The first-order chi connectivity index (χ1) is 12.5. The average Bonchev–Trinajstić information content (AvgIpc) is 3.15. The molecular weight excluding hydrogens is 348 g/mol. The van der Waals surface area contributed by atoms with E-state index in [1.807, 2.05) is 37.3 Å². The lowest BCUT2D eigenvalue weighted by molar-refractivity contribution is 0.362. The van der Waals surface area contributed by atoms with Crippen molar-refractivity contribution in [1.29, 1.82) is 0 Å². The Morgan fingerprint density at radius 3 is 2.54 bits per heavy atom. The second-order valence-electron chi connectivity index (χ2n) is 5.97. The SMILES string of the molecule is Cc1ccc(/C=C\S(=O)(=O)N(Cc2cccnc2)Cc2ccco2)cc1. The van der Waals surface area contributed by atoms with Crippen molar-refractivity contribution in [3.8, 4) is 0 Å². The van der Waals surface area contributed by atoms with E-state index >= 15 is 0 Å². The van der Waals surface area contributed by atoms with E-state index in [9.17, 15) is 8.42 Å². The van der Waals surface area contributed by atoms with Gasteiger partial charge in [-0.2, -0.15) is 4.31 Å². The third-order valence-corrected chi connectivity index (χ3v) is 5.32. The fourth-order valence-electron chi connectivity index (χ4n) is 2.44. The summed E-state index contributed by atoms with van der Waals surface area (Å²) < 4.78 is 32.5. The molecule has 134 valence electrons. The molecule has 0 saturated carbocycles. The highest BCUT2D eigenvalue weighted by molar-refractivity contribution is 7.92. The van der Waals surface area contributed by atoms with E-state index in [0.29, 0.717) is 5.76 Å². The molecule has 0 bridgehead atoms. The van der Waals surface area contributed by atoms with Crippen LogP contribution < -0.4 is 0 Å². The molecule has 3 aromatic rings. The van der Waals surface area contributed by atoms with Crippen LogP contribution in [0.1, 0.15) is 22.5 Å². The summed E-state index contributed by atoms with van der Waals surface area (Å²) in [6.45, 7) is 2.36. The van der Waals surface area contributed by atoms with Crippen LogP contribution in [0.2, 0.25) is 0 Å². The second-order valence-corrected chi connectivity index (χ2v) is 7.79. The van der Waals surface area contributed by atoms with Crippen molar-refractivity contribution in [3.05, 3.63) is 95.0 Å². The molecule has 0 radical (unpaired) electrons. The molecule has 0 fully saturated rings. The normalized spacial score (nSPS) is 12.1. The molecule has 2 aromatic heterocycles. The lowest BCUT2D eigenvalue weighted by Gasteiger charge is -2.19. The monoisotopic (exact) mass is 368 g/mol.